The van der Waals surface area contributed by atoms with Gasteiger partial charge in [-0.3, -0.25) is 9.59 Å². The highest BCUT2D eigenvalue weighted by molar-refractivity contribution is 6.15. The number of aliphatic hydroxyl groups is 3. The van der Waals surface area contributed by atoms with Crippen LogP contribution in [0.4, 0.5) is 0 Å². The van der Waals surface area contributed by atoms with Gasteiger partial charge in [-0.15, -0.1) is 0 Å². The molecule has 3 aliphatic rings. The lowest BCUT2D eigenvalue weighted by atomic mass is 9.71. The van der Waals surface area contributed by atoms with Crippen LogP contribution in [0.1, 0.15) is 77.1 Å². The van der Waals surface area contributed by atoms with Crippen LogP contribution in [0.3, 0.4) is 0 Å². The van der Waals surface area contributed by atoms with Crippen molar-refractivity contribution in [3.63, 3.8) is 0 Å². The molecule has 11 heteroatoms. The van der Waals surface area contributed by atoms with Crippen molar-refractivity contribution in [1.82, 2.24) is 0 Å². The van der Waals surface area contributed by atoms with Crippen molar-refractivity contribution in [1.29, 1.82) is 0 Å². The monoisotopic (exact) mass is 529 g/mol. The maximum atomic E-state index is 13.5. The number of benzene rings is 2. The van der Waals surface area contributed by atoms with Crippen molar-refractivity contribution in [2.75, 3.05) is 7.11 Å². The average molecular weight is 530 g/mol. The first-order chi connectivity index (χ1) is 17.9. The van der Waals surface area contributed by atoms with E-state index in [1.165, 1.54) is 20.1 Å². The van der Waals surface area contributed by atoms with E-state index in [1.807, 2.05) is 0 Å². The van der Waals surface area contributed by atoms with Crippen LogP contribution in [0.25, 0.3) is 0 Å². The highest BCUT2D eigenvalue weighted by atomic mass is 16.7. The third-order valence-corrected chi connectivity index (χ3v) is 7.97. The van der Waals surface area contributed by atoms with Gasteiger partial charge < -0.3 is 45.5 Å². The number of hydrogen-bond donors (Lipinski definition) is 6. The largest absolute Gasteiger partial charge is 0.507 e. The molecule has 1 fully saturated rings. The van der Waals surface area contributed by atoms with Crippen LogP contribution in [-0.4, -0.2) is 74.3 Å². The Labute approximate surface area is 218 Å². The van der Waals surface area contributed by atoms with Crippen molar-refractivity contribution in [3.8, 4) is 17.2 Å². The third-order valence-electron chi connectivity index (χ3n) is 7.97. The molecule has 0 bridgehead atoms. The Balaban J connectivity index is 1.68. The van der Waals surface area contributed by atoms with Gasteiger partial charge in [0.25, 0.3) is 0 Å². The van der Waals surface area contributed by atoms with Crippen LogP contribution in [0, 0.1) is 0 Å². The lowest BCUT2D eigenvalue weighted by Gasteiger charge is -2.42. The van der Waals surface area contributed by atoms with Gasteiger partial charge in [0, 0.05) is 53.1 Å². The van der Waals surface area contributed by atoms with Crippen molar-refractivity contribution >= 4 is 11.6 Å². The number of hydrogen-bond acceptors (Lipinski definition) is 11. The maximum absolute atomic E-state index is 13.5. The number of methoxy groups -OCH3 is 1. The third kappa shape index (κ3) is 3.89. The minimum Gasteiger partial charge on any atom is -0.507 e. The summed E-state index contributed by atoms with van der Waals surface area (Å²) in [6.45, 7) is 2.81. The van der Waals surface area contributed by atoms with Crippen molar-refractivity contribution < 1.29 is 49.3 Å². The van der Waals surface area contributed by atoms with E-state index in [2.05, 4.69) is 0 Å². The van der Waals surface area contributed by atoms with Gasteiger partial charge in [-0.25, -0.2) is 0 Å². The molecule has 11 nitrogen and oxygen atoms in total. The molecule has 0 radical (unpaired) electrons. The molecule has 7 atom stereocenters. The lowest BCUT2D eigenvalue weighted by Crippen LogP contribution is -2.52. The molecule has 0 saturated carbocycles. The Bertz CT molecular complexity index is 1310. The number of phenols is 2. The number of aliphatic hydroxyl groups excluding tert-OH is 2. The van der Waals surface area contributed by atoms with E-state index in [1.54, 1.807) is 19.1 Å². The first-order valence-electron chi connectivity index (χ1n) is 12.4. The number of ether oxygens (including phenoxy) is 3. The van der Waals surface area contributed by atoms with Gasteiger partial charge in [0.15, 0.2) is 17.9 Å². The predicted octanol–water partition coefficient (Wildman–Crippen LogP) is 0.880. The summed E-state index contributed by atoms with van der Waals surface area (Å²) in [6.07, 6.45) is -5.90. The summed E-state index contributed by atoms with van der Waals surface area (Å²) in [5.74, 6) is -2.10. The van der Waals surface area contributed by atoms with E-state index in [-0.39, 0.29) is 52.0 Å². The molecule has 204 valence electrons. The zero-order chi connectivity index (χ0) is 27.7. The minimum absolute atomic E-state index is 0.0216. The second kappa shape index (κ2) is 9.30. The number of fused-ring (bicyclic) bond motifs is 3. The smallest absolute Gasteiger partial charge is 0.197 e. The van der Waals surface area contributed by atoms with Gasteiger partial charge in [0.2, 0.25) is 0 Å². The Kier molecular flexibility index (Phi) is 6.49. The molecule has 0 spiro atoms. The fraction of sp³-hybridized carbons (Fsp3) is 0.481. The second-order valence-corrected chi connectivity index (χ2v) is 10.3. The normalized spacial score (nSPS) is 32.2. The number of rotatable bonds is 4. The Morgan fingerprint density at radius 1 is 1.16 bits per heavy atom. The maximum Gasteiger partial charge on any atom is 0.197 e. The average Bonchev–Trinajstić information content (AvgIpc) is 2.87. The molecule has 0 aromatic heterocycles. The molecule has 1 heterocycles. The van der Waals surface area contributed by atoms with Crippen LogP contribution in [0.2, 0.25) is 0 Å². The minimum atomic E-state index is -1.98. The van der Waals surface area contributed by atoms with E-state index >= 15 is 0 Å². The van der Waals surface area contributed by atoms with Crippen LogP contribution < -0.4 is 10.5 Å². The summed E-state index contributed by atoms with van der Waals surface area (Å²) in [7, 11) is 1.38. The van der Waals surface area contributed by atoms with E-state index in [0.29, 0.717) is 0 Å². The van der Waals surface area contributed by atoms with Crippen molar-refractivity contribution in [3.05, 3.63) is 51.6 Å². The number of phenolic OH excluding ortho intramolecular Hbond substituents is 2. The van der Waals surface area contributed by atoms with Gasteiger partial charge in [-0.1, -0.05) is 12.1 Å². The molecule has 5 rings (SSSR count). The molecule has 2 aromatic carbocycles. The number of Topliss-reactive ketones (excluding diaryl/α,β-unsaturated/α-hetero) is 1. The van der Waals surface area contributed by atoms with Crippen LogP contribution in [-0.2, 0) is 20.7 Å². The number of ketones is 2. The molecule has 2 aromatic rings. The molecular formula is C27H31NO10. The lowest BCUT2D eigenvalue weighted by molar-refractivity contribution is -0.247. The van der Waals surface area contributed by atoms with E-state index < -0.39 is 71.8 Å². The van der Waals surface area contributed by atoms with Gasteiger partial charge in [-0.2, -0.15) is 0 Å². The summed E-state index contributed by atoms with van der Waals surface area (Å²) >= 11 is 0. The fourth-order valence-electron chi connectivity index (χ4n) is 5.83. The standard InChI is InChI=1S/C27H31NO10/c1-10-22(30)14(28)7-17(37-10)38-16-9-27(35,11(2)29)8-13-19(16)26(34)21-20(24(13)32)23(31)12-5-4-6-15(36-3)18(12)25(21)33/h4-6,10,14,16-17,22,25,30,32-35H,7-9,28H2,1-3H3/t10-,14-,16-,17-,22+,25?,27-/m0/s1. The molecular weight excluding hydrogens is 498 g/mol. The van der Waals surface area contributed by atoms with Gasteiger partial charge in [0.1, 0.15) is 29.0 Å². The molecule has 1 unspecified atom stereocenters. The quantitative estimate of drug-likeness (QED) is 0.308. The topological polar surface area (TPSA) is 189 Å². The highest BCUT2D eigenvalue weighted by Crippen LogP contribution is 2.54. The predicted molar refractivity (Wildman–Crippen MR) is 131 cm³/mol. The van der Waals surface area contributed by atoms with E-state index in [4.69, 9.17) is 19.9 Å². The summed E-state index contributed by atoms with van der Waals surface area (Å²) in [5, 5.41) is 55.6. The Morgan fingerprint density at radius 3 is 2.50 bits per heavy atom. The van der Waals surface area contributed by atoms with Gasteiger partial charge in [0.05, 0.1) is 31.0 Å². The van der Waals surface area contributed by atoms with Crippen LogP contribution in [0.5, 0.6) is 17.2 Å². The summed E-state index contributed by atoms with van der Waals surface area (Å²) in [4.78, 5) is 26.0. The number of carbonyl (C=O) groups is 2. The van der Waals surface area contributed by atoms with Crippen LogP contribution >= 0.6 is 0 Å². The highest BCUT2D eigenvalue weighted by Gasteiger charge is 2.49. The Morgan fingerprint density at radius 2 is 1.87 bits per heavy atom. The second-order valence-electron chi connectivity index (χ2n) is 10.3. The van der Waals surface area contributed by atoms with E-state index in [0.717, 1.165) is 0 Å². The van der Waals surface area contributed by atoms with Crippen molar-refractivity contribution in [2.45, 2.75) is 75.5 Å². The number of aromatic hydroxyl groups is 2. The van der Waals surface area contributed by atoms with Crippen molar-refractivity contribution in [2.24, 2.45) is 5.73 Å². The van der Waals surface area contributed by atoms with Gasteiger partial charge >= 0.3 is 0 Å². The van der Waals surface area contributed by atoms with E-state index in [9.17, 15) is 35.1 Å². The summed E-state index contributed by atoms with van der Waals surface area (Å²) < 4.78 is 17.2. The molecule has 1 aliphatic heterocycles. The first-order valence-corrected chi connectivity index (χ1v) is 12.4. The zero-order valence-corrected chi connectivity index (χ0v) is 21.2. The molecule has 7 N–H and O–H groups in total. The molecule has 0 amide bonds. The van der Waals surface area contributed by atoms with Crippen LogP contribution in [0.15, 0.2) is 18.2 Å². The zero-order valence-electron chi connectivity index (χ0n) is 21.2. The fourth-order valence-corrected chi connectivity index (χ4v) is 5.83. The molecule has 1 saturated heterocycles. The number of nitrogens with two attached hydrogens (primary N) is 1. The summed E-state index contributed by atoms with van der Waals surface area (Å²) in [5.41, 5.74) is 3.70. The molecule has 38 heavy (non-hydrogen) atoms. The Hall–Kier alpha value is -3.06. The molecule has 2 aliphatic carbocycles. The SMILES string of the molecule is COc1cccc2c1C(O)c1c(O)c3c(c(O)c1C2=O)C[C@@](O)(C(C)=O)C[C@@H]3O[C@H]1C[C@H](N)[C@H](O)[C@H](C)O1. The van der Waals surface area contributed by atoms with Gasteiger partial charge in [-0.05, 0) is 19.9 Å². The summed E-state index contributed by atoms with van der Waals surface area (Å²) in [6, 6.07) is 3.92. The number of carbonyl (C=O) groups excluding carboxylic acids is 2. The first kappa shape index (κ1) is 26.5.